The molecule has 1 amide bonds. The van der Waals surface area contributed by atoms with Crippen LogP contribution in [-0.2, 0) is 11.8 Å². The molecule has 0 bridgehead atoms. The van der Waals surface area contributed by atoms with Crippen molar-refractivity contribution in [2.45, 2.75) is 39.5 Å². The van der Waals surface area contributed by atoms with Gasteiger partial charge in [-0.15, -0.1) is 0 Å². The molecule has 3 rings (SSSR count). The number of carbonyl (C=O) groups is 1. The number of amides is 1. The topological polar surface area (TPSA) is 107 Å². The molecule has 0 atom stereocenters. The highest BCUT2D eigenvalue weighted by atomic mass is 16.2. The second-order valence-corrected chi connectivity index (χ2v) is 6.97. The Labute approximate surface area is 144 Å². The number of hydrogen-bond donors (Lipinski definition) is 2. The van der Waals surface area contributed by atoms with Gasteiger partial charge in [-0.05, 0) is 23.1 Å². The van der Waals surface area contributed by atoms with Crippen LogP contribution in [0.1, 0.15) is 49.6 Å². The predicted octanol–water partition coefficient (Wildman–Crippen LogP) is 2.07. The summed E-state index contributed by atoms with van der Waals surface area (Å²) in [6.45, 7) is 8.25. The third-order valence-corrected chi connectivity index (χ3v) is 4.12. The highest BCUT2D eigenvalue weighted by Gasteiger charge is 2.19. The fourth-order valence-electron chi connectivity index (χ4n) is 2.72. The van der Waals surface area contributed by atoms with Gasteiger partial charge in [0.05, 0.1) is 5.69 Å². The van der Waals surface area contributed by atoms with Gasteiger partial charge in [0.2, 0.25) is 0 Å². The summed E-state index contributed by atoms with van der Waals surface area (Å²) in [6.07, 6.45) is 0.526. The largest absolute Gasteiger partial charge is 0.364 e. The molecule has 3 N–H and O–H groups in total. The molecule has 0 radical (unpaired) electrons. The molecule has 0 saturated heterocycles. The number of nitrogens with zero attached hydrogens (tertiary/aromatic N) is 3. The quantitative estimate of drug-likeness (QED) is 0.761. The van der Waals surface area contributed by atoms with Crippen LogP contribution in [0.5, 0.6) is 0 Å². The Hall–Kier alpha value is -2.96. The summed E-state index contributed by atoms with van der Waals surface area (Å²) in [4.78, 5) is 35.4. The first kappa shape index (κ1) is 16.9. The standard InChI is InChI=1S/C18H21N5O2/c1-5-12-20-13(15(19)24)14-16(21-12)23(17(25)22-14)11-8-6-10(7-9-11)18(2,3)4/h6-9H,5H2,1-4H3,(H2,19,24)(H,22,25). The van der Waals surface area contributed by atoms with E-state index < -0.39 is 5.91 Å². The van der Waals surface area contributed by atoms with Gasteiger partial charge in [-0.3, -0.25) is 4.79 Å². The van der Waals surface area contributed by atoms with Crippen molar-refractivity contribution in [2.24, 2.45) is 5.73 Å². The maximum Gasteiger partial charge on any atom is 0.332 e. The lowest BCUT2D eigenvalue weighted by Gasteiger charge is -2.19. The molecular formula is C18H21N5O2. The van der Waals surface area contributed by atoms with E-state index in [9.17, 15) is 9.59 Å². The minimum atomic E-state index is -0.696. The number of aromatic amines is 1. The summed E-state index contributed by atoms with van der Waals surface area (Å²) in [7, 11) is 0. The molecule has 7 heteroatoms. The van der Waals surface area contributed by atoms with E-state index in [-0.39, 0.29) is 22.3 Å². The molecule has 3 aromatic rings. The number of imidazole rings is 1. The molecule has 0 unspecified atom stereocenters. The number of carbonyl (C=O) groups excluding carboxylic acids is 1. The Bertz CT molecular complexity index is 1010. The van der Waals surface area contributed by atoms with Crippen LogP contribution in [0.4, 0.5) is 0 Å². The first-order chi connectivity index (χ1) is 11.7. The number of benzene rings is 1. The summed E-state index contributed by atoms with van der Waals surface area (Å²) in [6, 6.07) is 7.70. The molecule has 0 aliphatic carbocycles. The molecular weight excluding hydrogens is 318 g/mol. The van der Waals surface area contributed by atoms with Crippen molar-refractivity contribution in [3.05, 3.63) is 51.8 Å². The van der Waals surface area contributed by atoms with Crippen LogP contribution in [0.2, 0.25) is 0 Å². The summed E-state index contributed by atoms with van der Waals surface area (Å²) >= 11 is 0. The lowest BCUT2D eigenvalue weighted by Crippen LogP contribution is -2.16. The van der Waals surface area contributed by atoms with E-state index in [1.807, 2.05) is 31.2 Å². The van der Waals surface area contributed by atoms with E-state index >= 15 is 0 Å². The van der Waals surface area contributed by atoms with Crippen molar-refractivity contribution in [3.8, 4) is 5.69 Å². The molecule has 1 aromatic carbocycles. The van der Waals surface area contributed by atoms with Gasteiger partial charge in [0.1, 0.15) is 11.3 Å². The zero-order valence-corrected chi connectivity index (χ0v) is 14.8. The zero-order chi connectivity index (χ0) is 18.4. The number of H-pyrrole nitrogens is 1. The Morgan fingerprint density at radius 3 is 2.36 bits per heavy atom. The molecule has 7 nitrogen and oxygen atoms in total. The third-order valence-electron chi connectivity index (χ3n) is 4.12. The fraction of sp³-hybridized carbons (Fsp3) is 0.333. The average Bonchev–Trinajstić information content (AvgIpc) is 2.88. The predicted molar refractivity (Wildman–Crippen MR) is 96.1 cm³/mol. The number of aromatic nitrogens is 4. The van der Waals surface area contributed by atoms with Crippen LogP contribution in [0.15, 0.2) is 29.1 Å². The second kappa shape index (κ2) is 5.84. The second-order valence-electron chi connectivity index (χ2n) is 6.97. The van der Waals surface area contributed by atoms with Gasteiger partial charge in [-0.1, -0.05) is 39.8 Å². The van der Waals surface area contributed by atoms with Gasteiger partial charge in [0.25, 0.3) is 5.91 Å². The lowest BCUT2D eigenvalue weighted by atomic mass is 9.87. The number of aryl methyl sites for hydroxylation is 1. The lowest BCUT2D eigenvalue weighted by molar-refractivity contribution is 0.0996. The molecule has 2 aromatic heterocycles. The smallest absolute Gasteiger partial charge is 0.332 e. The van der Waals surface area contributed by atoms with Crippen LogP contribution in [0.25, 0.3) is 16.9 Å². The normalized spacial score (nSPS) is 11.8. The average molecular weight is 339 g/mol. The number of fused-ring (bicyclic) bond motifs is 1. The summed E-state index contributed by atoms with van der Waals surface area (Å²) in [5, 5.41) is 0. The van der Waals surface area contributed by atoms with Crippen molar-refractivity contribution in [2.75, 3.05) is 0 Å². The first-order valence-corrected chi connectivity index (χ1v) is 8.14. The zero-order valence-electron chi connectivity index (χ0n) is 14.8. The van der Waals surface area contributed by atoms with Crippen molar-refractivity contribution in [1.82, 2.24) is 19.5 Å². The van der Waals surface area contributed by atoms with Gasteiger partial charge in [0.15, 0.2) is 11.3 Å². The van der Waals surface area contributed by atoms with Gasteiger partial charge >= 0.3 is 5.69 Å². The summed E-state index contributed by atoms with van der Waals surface area (Å²) < 4.78 is 1.44. The monoisotopic (exact) mass is 339 g/mol. The molecule has 25 heavy (non-hydrogen) atoms. The van der Waals surface area contributed by atoms with E-state index in [0.717, 1.165) is 5.56 Å². The first-order valence-electron chi connectivity index (χ1n) is 8.14. The van der Waals surface area contributed by atoms with Crippen molar-refractivity contribution in [1.29, 1.82) is 0 Å². The van der Waals surface area contributed by atoms with Crippen LogP contribution >= 0.6 is 0 Å². The van der Waals surface area contributed by atoms with Crippen LogP contribution < -0.4 is 11.4 Å². The Morgan fingerprint density at radius 1 is 1.20 bits per heavy atom. The number of hydrogen-bond acceptors (Lipinski definition) is 4. The van der Waals surface area contributed by atoms with E-state index in [0.29, 0.717) is 23.6 Å². The number of nitrogens with one attached hydrogen (secondary N) is 1. The highest BCUT2D eigenvalue weighted by molar-refractivity contribution is 6.01. The number of nitrogens with two attached hydrogens (primary N) is 1. The maximum absolute atomic E-state index is 12.5. The molecule has 0 saturated carbocycles. The molecule has 130 valence electrons. The Kier molecular flexibility index (Phi) is 3.94. The van der Waals surface area contributed by atoms with Gasteiger partial charge in [-0.2, -0.15) is 0 Å². The minimum absolute atomic E-state index is 0.0143. The van der Waals surface area contributed by atoms with Crippen molar-refractivity contribution < 1.29 is 4.79 Å². The Morgan fingerprint density at radius 2 is 1.84 bits per heavy atom. The SMILES string of the molecule is CCc1nc(C(N)=O)c2[nH]c(=O)n(-c3ccc(C(C)(C)C)cc3)c2n1. The molecule has 0 aliphatic heterocycles. The van der Waals surface area contributed by atoms with Crippen LogP contribution in [0.3, 0.4) is 0 Å². The Balaban J connectivity index is 2.26. The number of primary amides is 1. The van der Waals surface area contributed by atoms with Crippen LogP contribution in [-0.4, -0.2) is 25.4 Å². The molecule has 0 aliphatic rings. The van der Waals surface area contributed by atoms with Crippen molar-refractivity contribution >= 4 is 17.1 Å². The van der Waals surface area contributed by atoms with E-state index in [2.05, 4.69) is 35.7 Å². The third kappa shape index (κ3) is 2.93. The maximum atomic E-state index is 12.5. The fourth-order valence-corrected chi connectivity index (χ4v) is 2.72. The van der Waals surface area contributed by atoms with Gasteiger partial charge in [0, 0.05) is 6.42 Å². The minimum Gasteiger partial charge on any atom is -0.364 e. The highest BCUT2D eigenvalue weighted by Crippen LogP contribution is 2.24. The molecule has 0 fully saturated rings. The molecule has 2 heterocycles. The molecule has 0 spiro atoms. The van der Waals surface area contributed by atoms with E-state index in [1.54, 1.807) is 0 Å². The van der Waals surface area contributed by atoms with E-state index in [4.69, 9.17) is 5.73 Å². The van der Waals surface area contributed by atoms with E-state index in [1.165, 1.54) is 4.57 Å². The van der Waals surface area contributed by atoms with Gasteiger partial charge < -0.3 is 10.7 Å². The summed E-state index contributed by atoms with van der Waals surface area (Å²) in [5.41, 5.74) is 7.51. The van der Waals surface area contributed by atoms with Crippen LogP contribution in [0, 0.1) is 0 Å². The van der Waals surface area contributed by atoms with Gasteiger partial charge in [-0.25, -0.2) is 19.3 Å². The number of rotatable bonds is 3. The summed E-state index contributed by atoms with van der Waals surface area (Å²) in [5.74, 6) is -0.237. The van der Waals surface area contributed by atoms with Crippen molar-refractivity contribution in [3.63, 3.8) is 0 Å².